The minimum atomic E-state index is -1.22. The van der Waals surface area contributed by atoms with Crippen LogP contribution in [0.3, 0.4) is 0 Å². The van der Waals surface area contributed by atoms with Gasteiger partial charge in [0, 0.05) is 17.9 Å². The molecule has 0 aliphatic carbocycles. The van der Waals surface area contributed by atoms with Gasteiger partial charge in [0.05, 0.1) is 5.57 Å². The van der Waals surface area contributed by atoms with Crippen molar-refractivity contribution >= 4 is 51.4 Å². The smallest absolute Gasteiger partial charge is 0.357 e. The van der Waals surface area contributed by atoms with Crippen molar-refractivity contribution in [1.29, 1.82) is 0 Å². The molecule has 0 atom stereocenters. The second kappa shape index (κ2) is 7.85. The Hall–Kier alpha value is -3.71. The molecular weight excluding hydrogens is 410 g/mol. The van der Waals surface area contributed by atoms with Crippen molar-refractivity contribution in [2.45, 2.75) is 12.8 Å². The molecule has 0 spiro atoms. The van der Waals surface area contributed by atoms with Crippen LogP contribution in [0.25, 0.3) is 6.08 Å². The number of aliphatic carboxylic acids is 1. The molecule has 7 heteroatoms. The van der Waals surface area contributed by atoms with Gasteiger partial charge in [0.15, 0.2) is 5.71 Å². The first-order valence-electron chi connectivity index (χ1n) is 9.99. The van der Waals surface area contributed by atoms with E-state index in [1.807, 2.05) is 41.8 Å². The van der Waals surface area contributed by atoms with E-state index < -0.39 is 11.9 Å². The summed E-state index contributed by atoms with van der Waals surface area (Å²) >= 11 is 1.34. The number of aryl methyl sites for hydroxylation is 1. The fourth-order valence-electron chi connectivity index (χ4n) is 3.99. The Kier molecular flexibility index (Phi) is 4.88. The predicted octanol–water partition coefficient (Wildman–Crippen LogP) is 4.70. The minimum Gasteiger partial charge on any atom is -0.476 e. The molecule has 6 nitrogen and oxygen atoms in total. The van der Waals surface area contributed by atoms with Gasteiger partial charge in [-0.25, -0.2) is 4.79 Å². The number of rotatable bonds is 4. The molecule has 5 rings (SSSR count). The van der Waals surface area contributed by atoms with Crippen molar-refractivity contribution < 1.29 is 14.7 Å². The number of anilines is 3. The van der Waals surface area contributed by atoms with E-state index in [-0.39, 0.29) is 11.3 Å². The lowest BCUT2D eigenvalue weighted by Crippen LogP contribution is -2.24. The monoisotopic (exact) mass is 429 g/mol. The summed E-state index contributed by atoms with van der Waals surface area (Å²) < 4.78 is 0. The molecule has 154 valence electrons. The minimum absolute atomic E-state index is 0.0941. The number of hydrogen-bond donors (Lipinski definition) is 1. The zero-order valence-electron chi connectivity index (χ0n) is 16.6. The summed E-state index contributed by atoms with van der Waals surface area (Å²) in [6.07, 6.45) is 3.59. The maximum Gasteiger partial charge on any atom is 0.357 e. The van der Waals surface area contributed by atoms with Crippen LogP contribution in [-0.4, -0.2) is 29.2 Å². The number of benzene rings is 2. The normalized spacial score (nSPS) is 17.1. The van der Waals surface area contributed by atoms with Crippen molar-refractivity contribution in [1.82, 2.24) is 0 Å². The van der Waals surface area contributed by atoms with Crippen LogP contribution in [0.1, 0.15) is 17.5 Å². The van der Waals surface area contributed by atoms with E-state index in [1.54, 1.807) is 18.2 Å². The van der Waals surface area contributed by atoms with Gasteiger partial charge < -0.3 is 10.0 Å². The SMILES string of the molecule is O=C(O)C1=NN(c2cccs2)C(=O)/C1=C\c1ccc2c(c1)CCCN2c1ccccc1. The summed E-state index contributed by atoms with van der Waals surface area (Å²) in [6.45, 7) is 0.946. The average Bonchev–Trinajstić information content (AvgIpc) is 3.42. The van der Waals surface area contributed by atoms with Crippen LogP contribution in [0, 0.1) is 0 Å². The maximum absolute atomic E-state index is 12.9. The number of hydrazone groups is 1. The Morgan fingerprint density at radius 1 is 1.10 bits per heavy atom. The van der Waals surface area contributed by atoms with Crippen molar-refractivity contribution in [2.24, 2.45) is 5.10 Å². The highest BCUT2D eigenvalue weighted by Gasteiger charge is 2.35. The number of para-hydroxylation sites is 1. The predicted molar refractivity (Wildman–Crippen MR) is 123 cm³/mol. The van der Waals surface area contributed by atoms with E-state index in [1.165, 1.54) is 16.9 Å². The molecule has 0 unspecified atom stereocenters. The topological polar surface area (TPSA) is 73.2 Å². The number of nitrogens with zero attached hydrogens (tertiary/aromatic N) is 3. The van der Waals surface area contributed by atoms with Crippen molar-refractivity contribution in [2.75, 3.05) is 16.5 Å². The van der Waals surface area contributed by atoms with Gasteiger partial charge in [-0.05, 0) is 71.8 Å². The maximum atomic E-state index is 12.9. The Morgan fingerprint density at radius 3 is 2.68 bits per heavy atom. The molecular formula is C24H19N3O3S. The molecule has 0 saturated carbocycles. The van der Waals surface area contributed by atoms with Crippen LogP contribution >= 0.6 is 11.3 Å². The van der Waals surface area contributed by atoms with Crippen LogP contribution in [0.15, 0.2) is 76.7 Å². The number of amides is 1. The first-order chi connectivity index (χ1) is 15.1. The third kappa shape index (κ3) is 3.53. The number of carbonyl (C=O) groups is 2. The van der Waals surface area contributed by atoms with Crippen LogP contribution in [-0.2, 0) is 16.0 Å². The van der Waals surface area contributed by atoms with Gasteiger partial charge in [-0.1, -0.05) is 24.3 Å². The highest BCUT2D eigenvalue weighted by molar-refractivity contribution is 7.14. The number of fused-ring (bicyclic) bond motifs is 1. The van der Waals surface area contributed by atoms with E-state index in [9.17, 15) is 14.7 Å². The van der Waals surface area contributed by atoms with Gasteiger partial charge in [0.25, 0.3) is 5.91 Å². The van der Waals surface area contributed by atoms with Gasteiger partial charge in [-0.3, -0.25) is 4.79 Å². The number of carboxylic acids is 1. The molecule has 0 saturated heterocycles. The van der Waals surface area contributed by atoms with E-state index in [2.05, 4.69) is 22.1 Å². The Labute approximate surface area is 183 Å². The highest BCUT2D eigenvalue weighted by atomic mass is 32.1. The quantitative estimate of drug-likeness (QED) is 0.610. The molecule has 2 aliphatic rings. The molecule has 1 amide bonds. The molecule has 31 heavy (non-hydrogen) atoms. The number of hydrogen-bond acceptors (Lipinski definition) is 5. The van der Waals surface area contributed by atoms with Crippen LogP contribution < -0.4 is 9.91 Å². The number of thiophene rings is 1. The van der Waals surface area contributed by atoms with Gasteiger partial charge in [-0.15, -0.1) is 11.3 Å². The Balaban J connectivity index is 1.50. The third-order valence-electron chi connectivity index (χ3n) is 5.40. The molecule has 1 aromatic heterocycles. The fourth-order valence-corrected chi connectivity index (χ4v) is 4.67. The standard InChI is InChI=1S/C24H19N3O3S/c28-23-19(22(24(29)30)25-27(23)21-9-5-13-31-21)15-16-10-11-20-17(14-16)6-4-12-26(20)18-7-2-1-3-8-18/h1-3,5,7-11,13-15H,4,6,12H2,(H,29,30)/b19-15-. The third-order valence-corrected chi connectivity index (χ3v) is 6.24. The van der Waals surface area contributed by atoms with E-state index in [0.717, 1.165) is 41.3 Å². The number of carbonyl (C=O) groups excluding carboxylic acids is 1. The molecule has 1 N–H and O–H groups in total. The molecule has 0 radical (unpaired) electrons. The molecule has 0 bridgehead atoms. The Morgan fingerprint density at radius 2 is 1.94 bits per heavy atom. The van der Waals surface area contributed by atoms with Gasteiger partial charge in [0.1, 0.15) is 5.00 Å². The summed E-state index contributed by atoms with van der Waals surface area (Å²) in [6, 6.07) is 19.8. The van der Waals surface area contributed by atoms with Gasteiger partial charge >= 0.3 is 5.97 Å². The summed E-state index contributed by atoms with van der Waals surface area (Å²) in [5.74, 6) is -1.64. The van der Waals surface area contributed by atoms with Gasteiger partial charge in [0.2, 0.25) is 0 Å². The average molecular weight is 430 g/mol. The largest absolute Gasteiger partial charge is 0.476 e. The van der Waals surface area contributed by atoms with E-state index in [4.69, 9.17) is 0 Å². The van der Waals surface area contributed by atoms with Crippen molar-refractivity contribution in [3.05, 3.63) is 82.7 Å². The zero-order chi connectivity index (χ0) is 21.4. The zero-order valence-corrected chi connectivity index (χ0v) is 17.4. The van der Waals surface area contributed by atoms with Crippen LogP contribution in [0.2, 0.25) is 0 Å². The molecule has 2 aliphatic heterocycles. The lowest BCUT2D eigenvalue weighted by Gasteiger charge is -2.31. The summed E-state index contributed by atoms with van der Waals surface area (Å²) in [7, 11) is 0. The summed E-state index contributed by atoms with van der Waals surface area (Å²) in [5, 5.41) is 17.2. The molecule has 0 fully saturated rings. The molecule has 3 heterocycles. The van der Waals surface area contributed by atoms with Gasteiger partial charge in [-0.2, -0.15) is 10.1 Å². The lowest BCUT2D eigenvalue weighted by molar-refractivity contribution is -0.129. The summed E-state index contributed by atoms with van der Waals surface area (Å²) in [4.78, 5) is 27.0. The second-order valence-corrected chi connectivity index (χ2v) is 8.29. The second-order valence-electron chi connectivity index (χ2n) is 7.36. The first-order valence-corrected chi connectivity index (χ1v) is 10.9. The van der Waals surface area contributed by atoms with E-state index >= 15 is 0 Å². The summed E-state index contributed by atoms with van der Waals surface area (Å²) in [5.41, 5.74) is 4.12. The highest BCUT2D eigenvalue weighted by Crippen LogP contribution is 2.35. The van der Waals surface area contributed by atoms with E-state index in [0.29, 0.717) is 5.00 Å². The molecule has 2 aromatic carbocycles. The number of carboxylic acid groups (broad SMARTS) is 1. The van der Waals surface area contributed by atoms with Crippen LogP contribution in [0.5, 0.6) is 0 Å². The molecule has 3 aromatic rings. The lowest BCUT2D eigenvalue weighted by atomic mass is 9.97. The van der Waals surface area contributed by atoms with Crippen molar-refractivity contribution in [3.63, 3.8) is 0 Å². The first kappa shape index (κ1) is 19.3. The van der Waals surface area contributed by atoms with Crippen LogP contribution in [0.4, 0.5) is 16.4 Å². The Bertz CT molecular complexity index is 1220. The fraction of sp³-hybridized carbons (Fsp3) is 0.125. The van der Waals surface area contributed by atoms with Crippen molar-refractivity contribution in [3.8, 4) is 0 Å².